The van der Waals surface area contributed by atoms with Gasteiger partial charge in [0.1, 0.15) is 0 Å². The summed E-state index contributed by atoms with van der Waals surface area (Å²) in [6, 6.07) is 0. The fourth-order valence-electron chi connectivity index (χ4n) is 2.59. The standard InChI is InChI=1S/C16H28N2S2/c1-7-9-18(8-2)11-10-17(6)13-12(16(3,4)5)14(19)15(13)20/h7-11H2,1-6H3. The highest BCUT2D eigenvalue weighted by Gasteiger charge is 2.27. The third-order valence-electron chi connectivity index (χ3n) is 3.76. The molecule has 0 heterocycles. The first-order valence-corrected chi connectivity index (χ1v) is 8.32. The van der Waals surface area contributed by atoms with Gasteiger partial charge in [0.05, 0.1) is 14.7 Å². The number of hydrogen-bond acceptors (Lipinski definition) is 4. The Morgan fingerprint density at radius 2 is 1.55 bits per heavy atom. The monoisotopic (exact) mass is 312 g/mol. The van der Waals surface area contributed by atoms with Crippen molar-refractivity contribution in [3.05, 3.63) is 14.6 Å². The lowest BCUT2D eigenvalue weighted by molar-refractivity contribution is 0.295. The van der Waals surface area contributed by atoms with Crippen LogP contribution in [-0.4, -0.2) is 38.1 Å². The largest absolute Gasteiger partial charge is 0.372 e. The maximum Gasteiger partial charge on any atom is 0.0798 e. The van der Waals surface area contributed by atoms with E-state index in [1.54, 1.807) is 0 Å². The SMILES string of the molecule is CCCN(CC)CCN(C)c1c(C(C)(C)C)c(=S)c1=S. The van der Waals surface area contributed by atoms with Crippen molar-refractivity contribution in [2.75, 3.05) is 38.1 Å². The van der Waals surface area contributed by atoms with Gasteiger partial charge in [-0.05, 0) is 24.9 Å². The van der Waals surface area contributed by atoms with Crippen LogP contribution in [0.5, 0.6) is 0 Å². The molecule has 0 fully saturated rings. The summed E-state index contributed by atoms with van der Waals surface area (Å²) in [5.41, 5.74) is 2.54. The molecule has 0 bridgehead atoms. The fourth-order valence-corrected chi connectivity index (χ4v) is 3.45. The summed E-state index contributed by atoms with van der Waals surface area (Å²) in [6.45, 7) is 15.4. The lowest BCUT2D eigenvalue weighted by Gasteiger charge is -2.33. The van der Waals surface area contributed by atoms with E-state index in [0.717, 1.165) is 28.7 Å². The van der Waals surface area contributed by atoms with Gasteiger partial charge in [-0.2, -0.15) is 0 Å². The van der Waals surface area contributed by atoms with Crippen LogP contribution < -0.4 is 4.90 Å². The van der Waals surface area contributed by atoms with E-state index in [9.17, 15) is 0 Å². The van der Waals surface area contributed by atoms with Crippen molar-refractivity contribution in [1.29, 1.82) is 0 Å². The fraction of sp³-hybridized carbons (Fsp3) is 0.750. The van der Waals surface area contributed by atoms with Crippen molar-refractivity contribution in [1.82, 2.24) is 4.90 Å². The molecule has 0 radical (unpaired) electrons. The van der Waals surface area contributed by atoms with E-state index in [2.05, 4.69) is 51.5 Å². The maximum absolute atomic E-state index is 5.46. The summed E-state index contributed by atoms with van der Waals surface area (Å²) >= 11 is 10.9. The summed E-state index contributed by atoms with van der Waals surface area (Å²) in [5.74, 6) is 0. The Kier molecular flexibility index (Phi) is 6.29. The molecule has 0 N–H and O–H groups in total. The van der Waals surface area contributed by atoms with Gasteiger partial charge in [-0.3, -0.25) is 0 Å². The van der Waals surface area contributed by atoms with Gasteiger partial charge in [0, 0.05) is 25.7 Å². The highest BCUT2D eigenvalue weighted by molar-refractivity contribution is 7.74. The van der Waals surface area contributed by atoms with E-state index in [-0.39, 0.29) is 5.41 Å². The molecule has 0 aliphatic rings. The van der Waals surface area contributed by atoms with Crippen LogP contribution in [0.25, 0.3) is 0 Å². The molecule has 0 aliphatic heterocycles. The van der Waals surface area contributed by atoms with Crippen LogP contribution in [0.4, 0.5) is 5.69 Å². The maximum atomic E-state index is 5.46. The minimum Gasteiger partial charge on any atom is -0.372 e. The highest BCUT2D eigenvalue weighted by Crippen LogP contribution is 2.38. The number of anilines is 1. The molecule has 0 aliphatic carbocycles. The van der Waals surface area contributed by atoms with Crippen molar-refractivity contribution in [2.24, 2.45) is 0 Å². The number of rotatable bonds is 7. The van der Waals surface area contributed by atoms with E-state index < -0.39 is 0 Å². The minimum atomic E-state index is 0.0802. The summed E-state index contributed by atoms with van der Waals surface area (Å²) in [7, 11) is 2.13. The van der Waals surface area contributed by atoms with Crippen molar-refractivity contribution < 1.29 is 0 Å². The Bertz CT molecular complexity index is 507. The third kappa shape index (κ3) is 3.86. The molecule has 0 aromatic heterocycles. The first kappa shape index (κ1) is 17.7. The molecule has 0 amide bonds. The first-order valence-electron chi connectivity index (χ1n) is 7.51. The molecule has 4 heteroatoms. The Morgan fingerprint density at radius 3 is 2.00 bits per heavy atom. The molecule has 2 nitrogen and oxygen atoms in total. The molecule has 0 unspecified atom stereocenters. The Morgan fingerprint density at radius 1 is 0.950 bits per heavy atom. The van der Waals surface area contributed by atoms with Gasteiger partial charge in [-0.25, -0.2) is 0 Å². The topological polar surface area (TPSA) is 6.48 Å². The van der Waals surface area contributed by atoms with Crippen molar-refractivity contribution >= 4 is 30.1 Å². The van der Waals surface area contributed by atoms with E-state index >= 15 is 0 Å². The zero-order chi connectivity index (χ0) is 15.5. The first-order chi connectivity index (χ1) is 9.23. The molecule has 20 heavy (non-hydrogen) atoms. The van der Waals surface area contributed by atoms with Crippen molar-refractivity contribution in [3.8, 4) is 0 Å². The highest BCUT2D eigenvalue weighted by atomic mass is 32.1. The molecular formula is C16H28N2S2. The predicted molar refractivity (Wildman–Crippen MR) is 94.9 cm³/mol. The van der Waals surface area contributed by atoms with Crippen LogP contribution in [0.15, 0.2) is 0 Å². The summed E-state index contributed by atoms with van der Waals surface area (Å²) in [4.78, 5) is 4.77. The van der Waals surface area contributed by atoms with Gasteiger partial charge in [0.15, 0.2) is 0 Å². The van der Waals surface area contributed by atoms with Crippen LogP contribution in [-0.2, 0) is 5.41 Å². The summed E-state index contributed by atoms with van der Waals surface area (Å²) in [6.07, 6.45) is 1.20. The molecule has 1 rings (SSSR count). The van der Waals surface area contributed by atoms with Gasteiger partial charge in [0.2, 0.25) is 0 Å². The van der Waals surface area contributed by atoms with Crippen molar-refractivity contribution in [3.63, 3.8) is 0 Å². The molecule has 1 aromatic carbocycles. The Balaban J connectivity index is 2.79. The van der Waals surface area contributed by atoms with Crippen molar-refractivity contribution in [2.45, 2.75) is 46.5 Å². The molecule has 1 aromatic rings. The van der Waals surface area contributed by atoms with Gasteiger partial charge in [-0.1, -0.05) is 59.1 Å². The molecule has 0 spiro atoms. The van der Waals surface area contributed by atoms with Crippen LogP contribution >= 0.6 is 24.4 Å². The third-order valence-corrected chi connectivity index (χ3v) is 4.69. The number of likely N-dealkylation sites (N-methyl/N-ethyl adjacent to an activating group) is 2. The van der Waals surface area contributed by atoms with Crippen LogP contribution in [0.3, 0.4) is 0 Å². The Labute approximate surface area is 134 Å². The quantitative estimate of drug-likeness (QED) is 0.684. The zero-order valence-electron chi connectivity index (χ0n) is 13.7. The molecule has 0 atom stereocenters. The smallest absolute Gasteiger partial charge is 0.0798 e. The lowest BCUT2D eigenvalue weighted by atomic mass is 9.83. The van der Waals surface area contributed by atoms with Gasteiger partial charge < -0.3 is 9.80 Å². The Hall–Kier alpha value is -0.320. The van der Waals surface area contributed by atoms with E-state index in [1.165, 1.54) is 24.2 Å². The normalized spacial score (nSPS) is 12.3. The second-order valence-electron chi connectivity index (χ2n) is 6.49. The van der Waals surface area contributed by atoms with E-state index in [4.69, 9.17) is 24.4 Å². The van der Waals surface area contributed by atoms with Crippen LogP contribution in [0, 0.1) is 9.02 Å². The van der Waals surface area contributed by atoms with Gasteiger partial charge >= 0.3 is 0 Å². The number of hydrogen-bond donors (Lipinski definition) is 0. The van der Waals surface area contributed by atoms with Crippen LogP contribution in [0.1, 0.15) is 46.6 Å². The van der Waals surface area contributed by atoms with E-state index in [0.29, 0.717) is 0 Å². The van der Waals surface area contributed by atoms with Crippen LogP contribution in [0.2, 0.25) is 0 Å². The summed E-state index contributed by atoms with van der Waals surface area (Å²) in [5, 5.41) is 0. The molecule has 0 saturated heterocycles. The lowest BCUT2D eigenvalue weighted by Crippen LogP contribution is -2.35. The average molecular weight is 313 g/mol. The van der Waals surface area contributed by atoms with Gasteiger partial charge in [-0.15, -0.1) is 0 Å². The molecule has 0 saturated carbocycles. The second kappa shape index (κ2) is 7.10. The van der Waals surface area contributed by atoms with Gasteiger partial charge in [0.25, 0.3) is 0 Å². The zero-order valence-corrected chi connectivity index (χ0v) is 15.4. The average Bonchev–Trinajstić information content (AvgIpc) is 2.37. The summed E-state index contributed by atoms with van der Waals surface area (Å²) < 4.78 is 1.78. The second-order valence-corrected chi connectivity index (χ2v) is 7.30. The minimum absolute atomic E-state index is 0.0802. The molecule has 114 valence electrons. The van der Waals surface area contributed by atoms with E-state index in [1.807, 2.05) is 0 Å². The molecular weight excluding hydrogens is 284 g/mol. The number of nitrogens with zero attached hydrogens (tertiary/aromatic N) is 2. The predicted octanol–water partition coefficient (Wildman–Crippen LogP) is 4.49.